The van der Waals surface area contributed by atoms with Crippen molar-refractivity contribution in [2.24, 2.45) is 11.7 Å². The molecule has 1 aromatic carbocycles. The van der Waals surface area contributed by atoms with Crippen molar-refractivity contribution in [2.45, 2.75) is 120 Å². The van der Waals surface area contributed by atoms with Gasteiger partial charge in [0.25, 0.3) is 0 Å². The van der Waals surface area contributed by atoms with Crippen LogP contribution in [-0.4, -0.2) is 186 Å². The predicted octanol–water partition coefficient (Wildman–Crippen LogP) is -3.47. The summed E-state index contributed by atoms with van der Waals surface area (Å²) in [5, 5.41) is 50.3. The molecule has 426 valence electrons. The van der Waals surface area contributed by atoms with Gasteiger partial charge in [-0.1, -0.05) is 44.2 Å². The number of nitrogens with one attached hydrogen (secondary N) is 10. The summed E-state index contributed by atoms with van der Waals surface area (Å²) in [6.45, 7) is 4.29. The van der Waals surface area contributed by atoms with Gasteiger partial charge in [-0.05, 0) is 43.3 Å². The first-order valence-corrected chi connectivity index (χ1v) is 27.1. The van der Waals surface area contributed by atoms with Gasteiger partial charge in [0.15, 0.2) is 0 Å². The Bertz CT molecular complexity index is 2360. The fourth-order valence-electron chi connectivity index (χ4n) is 6.87. The third kappa shape index (κ3) is 23.7. The van der Waals surface area contributed by atoms with E-state index in [1.54, 1.807) is 36.6 Å². The van der Waals surface area contributed by atoms with E-state index in [4.69, 9.17) is 5.73 Å². The number of thiol groups is 3. The first-order valence-electron chi connectivity index (χ1n) is 23.8. The van der Waals surface area contributed by atoms with Crippen molar-refractivity contribution < 1.29 is 72.9 Å². The number of nitrogens with two attached hydrogens (primary N) is 1. The summed E-state index contributed by atoms with van der Waals surface area (Å²) < 4.78 is 0. The van der Waals surface area contributed by atoms with Crippen molar-refractivity contribution in [2.75, 3.05) is 29.3 Å². The third-order valence-corrected chi connectivity index (χ3v) is 13.0. The number of carboxylic acid groups (broad SMARTS) is 3. The lowest BCUT2D eigenvalue weighted by molar-refractivity contribution is -0.142. The first kappa shape index (κ1) is 66.5. The van der Waals surface area contributed by atoms with Gasteiger partial charge < -0.3 is 73.9 Å². The van der Waals surface area contributed by atoms with Gasteiger partial charge in [0, 0.05) is 48.4 Å². The molecule has 0 bridgehead atoms. The number of H-pyrrole nitrogens is 1. The molecule has 1 aromatic heterocycles. The van der Waals surface area contributed by atoms with Crippen LogP contribution in [0.4, 0.5) is 0 Å². The molecule has 0 aliphatic heterocycles. The van der Waals surface area contributed by atoms with Crippen LogP contribution in [0, 0.1) is 5.92 Å². The molecule has 0 saturated heterocycles. The van der Waals surface area contributed by atoms with E-state index in [2.05, 4.69) is 95.7 Å². The minimum Gasteiger partial charge on any atom is -0.481 e. The van der Waals surface area contributed by atoms with Gasteiger partial charge in [0.2, 0.25) is 53.2 Å². The summed E-state index contributed by atoms with van der Waals surface area (Å²) >= 11 is 13.3. The lowest BCUT2D eigenvalue weighted by atomic mass is 10.0. The van der Waals surface area contributed by atoms with E-state index in [0.717, 1.165) is 0 Å². The molecule has 0 spiro atoms. The molecular weight excluding hydrogens is 1090 g/mol. The number of hydrogen-bond donors (Lipinski definition) is 17. The molecule has 0 saturated carbocycles. The minimum atomic E-state index is -1.86. The average molecular weight is 1160 g/mol. The molecule has 10 atom stereocenters. The molecule has 15 N–H and O–H groups in total. The Morgan fingerprint density at radius 2 is 1.06 bits per heavy atom. The van der Waals surface area contributed by atoms with E-state index in [9.17, 15) is 72.9 Å². The van der Waals surface area contributed by atoms with Gasteiger partial charge in [-0.25, -0.2) is 9.78 Å². The lowest BCUT2D eigenvalue weighted by Crippen LogP contribution is -2.61. The van der Waals surface area contributed by atoms with Crippen LogP contribution >= 0.6 is 49.6 Å². The zero-order valence-corrected chi connectivity index (χ0v) is 46.0. The van der Waals surface area contributed by atoms with E-state index in [-0.39, 0.29) is 42.3 Å². The number of imidazole rings is 1. The predicted molar refractivity (Wildman–Crippen MR) is 290 cm³/mol. The molecule has 0 aliphatic carbocycles. The number of nitrogens with zero attached hydrogens (tertiary/aromatic N) is 1. The Morgan fingerprint density at radius 3 is 1.58 bits per heavy atom. The number of carboxylic acids is 3. The highest BCUT2D eigenvalue weighted by Crippen LogP contribution is 2.11. The molecule has 27 nitrogen and oxygen atoms in total. The van der Waals surface area contributed by atoms with E-state index in [1.807, 2.05) is 0 Å². The smallest absolute Gasteiger partial charge is 0.327 e. The maximum absolute atomic E-state index is 14.3. The highest BCUT2D eigenvalue weighted by molar-refractivity contribution is 7.98. The van der Waals surface area contributed by atoms with Gasteiger partial charge in [-0.3, -0.25) is 52.7 Å². The molecule has 0 fully saturated rings. The molecule has 31 heteroatoms. The second-order valence-corrected chi connectivity index (χ2v) is 19.7. The first-order chi connectivity index (χ1) is 36.3. The second kappa shape index (κ2) is 34.2. The SMILES string of the molecule is CSCC[C@H](NC(=O)[C@@H](NC(=O)[C@H](CCC(=O)O)NC(=O)[C@H](CC(=O)O)NC(=O)[C@H](C)NC(=O)[C@@H](N)CS)C(C)C)C(=O)N[C@@H](Cc1cnc[nH]1)C(=O)N[C@@H](Cc1ccccc1)C(=O)N[C@@H](CS)C(=O)N[C@@H](CS)C(=O)O. The summed E-state index contributed by atoms with van der Waals surface area (Å²) in [5.41, 5.74) is 6.57. The monoisotopic (exact) mass is 1160 g/mol. The Morgan fingerprint density at radius 1 is 0.571 bits per heavy atom. The zero-order chi connectivity index (χ0) is 57.9. The van der Waals surface area contributed by atoms with Crippen LogP contribution in [0.5, 0.6) is 0 Å². The largest absolute Gasteiger partial charge is 0.481 e. The fourth-order valence-corrected chi connectivity index (χ4v) is 8.01. The van der Waals surface area contributed by atoms with Crippen molar-refractivity contribution in [3.63, 3.8) is 0 Å². The second-order valence-electron chi connectivity index (χ2n) is 17.7. The van der Waals surface area contributed by atoms with Crippen LogP contribution in [0.3, 0.4) is 0 Å². The maximum Gasteiger partial charge on any atom is 0.327 e. The zero-order valence-electron chi connectivity index (χ0n) is 42.5. The van der Waals surface area contributed by atoms with Crippen molar-refractivity contribution >= 4 is 121 Å². The minimum absolute atomic E-state index is 0.0314. The number of aromatic nitrogens is 2. The summed E-state index contributed by atoms with van der Waals surface area (Å²) in [7, 11) is 0. The number of thioether (sulfide) groups is 1. The van der Waals surface area contributed by atoms with Gasteiger partial charge in [0.1, 0.15) is 54.4 Å². The van der Waals surface area contributed by atoms with Crippen LogP contribution in [-0.2, 0) is 70.4 Å². The standard InChI is InChI=1S/C46H68N12O15S4/c1-22(2)36(58-40(66)27(10-11-34(59)60)51-43(69)31(16-35(61)62)53-37(63)23(3)50-38(64)26(47)18-74)45(71)52-28(12-13-77-4)39(65)55-30(15-25-17-48-21-49-25)42(68)54-29(14-24-8-6-5-7-9-24)41(67)56-32(19-75)44(70)57-33(20-76)46(72)73/h5-9,17,21-23,26-33,36,74-76H,10-16,18-20,47H2,1-4H3,(H,48,49)(H,50,64)(H,51,69)(H,52,71)(H,53,63)(H,54,68)(H,55,65)(H,56,67)(H,57,70)(H,58,66)(H,59,60)(H,61,62)(H,72,73)/t23-,26-,27-,28-,29-,30-,31-,32-,33-,36-/m0/s1. The van der Waals surface area contributed by atoms with Crippen LogP contribution in [0.1, 0.15) is 57.7 Å². The summed E-state index contributed by atoms with van der Waals surface area (Å²) in [5.74, 6) is -14.0. The number of carbonyl (C=O) groups is 12. The number of aromatic amines is 1. The topological polar surface area (TPSA) is 428 Å². The van der Waals surface area contributed by atoms with Crippen molar-refractivity contribution in [1.82, 2.24) is 57.8 Å². The van der Waals surface area contributed by atoms with Gasteiger partial charge in [-0.15, -0.1) is 0 Å². The molecule has 77 heavy (non-hydrogen) atoms. The van der Waals surface area contributed by atoms with Crippen LogP contribution in [0.15, 0.2) is 42.9 Å². The van der Waals surface area contributed by atoms with E-state index < -0.39 is 157 Å². The number of amides is 9. The average Bonchev–Trinajstić information content (AvgIpc) is 3.90. The Labute approximate surface area is 464 Å². The Balaban J connectivity index is 2.44. The number of hydrogen-bond acceptors (Lipinski definition) is 18. The normalized spacial score (nSPS) is 14.9. The molecule has 0 aliphatic rings. The highest BCUT2D eigenvalue weighted by Gasteiger charge is 2.36. The number of benzene rings is 1. The maximum atomic E-state index is 14.3. The van der Waals surface area contributed by atoms with E-state index in [1.165, 1.54) is 45.1 Å². The summed E-state index contributed by atoms with van der Waals surface area (Å²) in [6.07, 6.45) is 1.75. The lowest BCUT2D eigenvalue weighted by Gasteiger charge is -2.29. The van der Waals surface area contributed by atoms with Gasteiger partial charge in [-0.2, -0.15) is 49.6 Å². The molecule has 0 radical (unpaired) electrons. The van der Waals surface area contributed by atoms with Crippen LogP contribution in [0.2, 0.25) is 0 Å². The Hall–Kier alpha value is -6.57. The molecule has 2 rings (SSSR count). The summed E-state index contributed by atoms with van der Waals surface area (Å²) in [6, 6.07) is -6.05. The Kier molecular flexibility index (Phi) is 29.6. The number of rotatable bonds is 35. The summed E-state index contributed by atoms with van der Waals surface area (Å²) in [4.78, 5) is 164. The third-order valence-electron chi connectivity index (χ3n) is 11.2. The van der Waals surface area contributed by atoms with Crippen molar-refractivity contribution in [3.8, 4) is 0 Å². The van der Waals surface area contributed by atoms with Crippen molar-refractivity contribution in [1.29, 1.82) is 0 Å². The quantitative estimate of drug-likeness (QED) is 0.0298. The van der Waals surface area contributed by atoms with E-state index in [0.29, 0.717) is 11.3 Å². The van der Waals surface area contributed by atoms with Crippen LogP contribution < -0.4 is 53.6 Å². The molecular formula is C46H68N12O15S4. The number of carbonyl (C=O) groups excluding carboxylic acids is 9. The molecule has 0 unspecified atom stereocenters. The van der Waals surface area contributed by atoms with Gasteiger partial charge >= 0.3 is 17.9 Å². The van der Waals surface area contributed by atoms with Crippen LogP contribution in [0.25, 0.3) is 0 Å². The molecule has 1 heterocycles. The molecule has 2 aromatic rings. The fraction of sp³-hybridized carbons (Fsp3) is 0.543. The van der Waals surface area contributed by atoms with Crippen molar-refractivity contribution in [3.05, 3.63) is 54.1 Å². The molecule has 9 amide bonds. The van der Waals surface area contributed by atoms with Gasteiger partial charge in [0.05, 0.1) is 18.8 Å². The van der Waals surface area contributed by atoms with E-state index >= 15 is 0 Å². The highest BCUT2D eigenvalue weighted by atomic mass is 32.2. The number of aliphatic carboxylic acids is 3.